The standard InChI is InChI=1S/C23H30FN7O2/c1-4-7-23(3,33)16-27-22-25-8-6-17(29-22)21(32)28-18-15-26-20(24)14-19(18)31-12-10-30(9-5-2)11-13-31/h4-6,8,14-15,33H,1-2,7,9-13,16H2,3H3,(H,28,32)(H,25,27,29). The Balaban J connectivity index is 1.71. The third kappa shape index (κ3) is 6.80. The number of aromatic nitrogens is 3. The zero-order chi connectivity index (χ0) is 23.8. The van der Waals surface area contributed by atoms with Gasteiger partial charge in [-0.1, -0.05) is 12.2 Å². The lowest BCUT2D eigenvalue weighted by molar-refractivity contribution is 0.0769. The lowest BCUT2D eigenvalue weighted by atomic mass is 10.0. The number of nitrogens with zero attached hydrogens (tertiary/aromatic N) is 5. The first kappa shape index (κ1) is 24.3. The van der Waals surface area contributed by atoms with E-state index in [1.807, 2.05) is 11.0 Å². The van der Waals surface area contributed by atoms with Crippen LogP contribution in [0.5, 0.6) is 0 Å². The summed E-state index contributed by atoms with van der Waals surface area (Å²) in [7, 11) is 0. The summed E-state index contributed by atoms with van der Waals surface area (Å²) in [5, 5.41) is 16.0. The van der Waals surface area contributed by atoms with Gasteiger partial charge < -0.3 is 20.6 Å². The third-order valence-corrected chi connectivity index (χ3v) is 5.30. The van der Waals surface area contributed by atoms with E-state index in [1.165, 1.54) is 24.5 Å². The van der Waals surface area contributed by atoms with Crippen LogP contribution in [0.1, 0.15) is 23.8 Å². The summed E-state index contributed by atoms with van der Waals surface area (Å²) in [4.78, 5) is 29.2. The van der Waals surface area contributed by atoms with Gasteiger partial charge in [0.1, 0.15) is 5.69 Å². The van der Waals surface area contributed by atoms with Crippen LogP contribution < -0.4 is 15.5 Å². The molecule has 10 heteroatoms. The van der Waals surface area contributed by atoms with Gasteiger partial charge in [0, 0.05) is 51.5 Å². The number of anilines is 3. The number of aliphatic hydroxyl groups is 1. The predicted octanol–water partition coefficient (Wildman–Crippen LogP) is 2.31. The fourth-order valence-electron chi connectivity index (χ4n) is 3.54. The highest BCUT2D eigenvalue weighted by atomic mass is 19.1. The first-order valence-electron chi connectivity index (χ1n) is 10.8. The molecule has 1 aliphatic heterocycles. The summed E-state index contributed by atoms with van der Waals surface area (Å²) in [5.74, 6) is -0.877. The van der Waals surface area contributed by atoms with Gasteiger partial charge in [-0.05, 0) is 19.4 Å². The Hall–Kier alpha value is -3.37. The van der Waals surface area contributed by atoms with Gasteiger partial charge in [-0.25, -0.2) is 15.0 Å². The maximum atomic E-state index is 13.9. The van der Waals surface area contributed by atoms with E-state index in [0.717, 1.165) is 19.6 Å². The summed E-state index contributed by atoms with van der Waals surface area (Å²) >= 11 is 0. The molecule has 2 aromatic rings. The minimum absolute atomic E-state index is 0.127. The van der Waals surface area contributed by atoms with Crippen LogP contribution in [-0.2, 0) is 0 Å². The second kappa shape index (κ2) is 11.0. The molecule has 3 N–H and O–H groups in total. The van der Waals surface area contributed by atoms with Crippen molar-refractivity contribution in [3.05, 3.63) is 61.5 Å². The number of piperazine rings is 1. The first-order chi connectivity index (χ1) is 15.8. The Morgan fingerprint density at radius 3 is 2.73 bits per heavy atom. The second-order valence-corrected chi connectivity index (χ2v) is 8.16. The summed E-state index contributed by atoms with van der Waals surface area (Å²) in [5.41, 5.74) is 0.0813. The van der Waals surface area contributed by atoms with Gasteiger partial charge in [-0.2, -0.15) is 4.39 Å². The molecule has 1 fully saturated rings. The molecule has 2 aromatic heterocycles. The van der Waals surface area contributed by atoms with E-state index >= 15 is 0 Å². The quantitative estimate of drug-likeness (QED) is 0.370. The van der Waals surface area contributed by atoms with Crippen LogP contribution in [0.4, 0.5) is 21.7 Å². The van der Waals surface area contributed by atoms with E-state index in [-0.39, 0.29) is 18.2 Å². The maximum Gasteiger partial charge on any atom is 0.274 e. The van der Waals surface area contributed by atoms with Gasteiger partial charge in [-0.3, -0.25) is 9.69 Å². The van der Waals surface area contributed by atoms with Crippen LogP contribution in [-0.4, -0.2) is 75.7 Å². The monoisotopic (exact) mass is 455 g/mol. The van der Waals surface area contributed by atoms with Crippen molar-refractivity contribution in [2.75, 3.05) is 54.8 Å². The van der Waals surface area contributed by atoms with E-state index in [0.29, 0.717) is 30.9 Å². The number of carbonyl (C=O) groups is 1. The normalized spacial score (nSPS) is 16.0. The van der Waals surface area contributed by atoms with Gasteiger partial charge in [0.05, 0.1) is 23.2 Å². The largest absolute Gasteiger partial charge is 0.388 e. The van der Waals surface area contributed by atoms with Crippen molar-refractivity contribution in [1.29, 1.82) is 0 Å². The average Bonchev–Trinajstić information content (AvgIpc) is 2.80. The molecule has 3 heterocycles. The van der Waals surface area contributed by atoms with Crippen LogP contribution in [0, 0.1) is 5.95 Å². The molecule has 0 aliphatic carbocycles. The summed E-state index contributed by atoms with van der Waals surface area (Å²) in [6, 6.07) is 2.81. The molecule has 1 aliphatic rings. The lowest BCUT2D eigenvalue weighted by Gasteiger charge is -2.36. The van der Waals surface area contributed by atoms with Gasteiger partial charge in [0.15, 0.2) is 0 Å². The van der Waals surface area contributed by atoms with Crippen LogP contribution in [0.25, 0.3) is 0 Å². The zero-order valence-electron chi connectivity index (χ0n) is 18.8. The fourth-order valence-corrected chi connectivity index (χ4v) is 3.54. The molecule has 1 atom stereocenters. The van der Waals surface area contributed by atoms with Crippen LogP contribution in [0.2, 0.25) is 0 Å². The molecule has 1 amide bonds. The Morgan fingerprint density at radius 2 is 2.03 bits per heavy atom. The minimum atomic E-state index is -1.02. The number of halogens is 1. The number of hydrogen-bond acceptors (Lipinski definition) is 8. The number of carbonyl (C=O) groups excluding carboxylic acids is 1. The summed E-state index contributed by atoms with van der Waals surface area (Å²) in [6.07, 6.45) is 6.64. The molecule has 1 saturated heterocycles. The molecule has 0 spiro atoms. The molecule has 1 unspecified atom stereocenters. The molecule has 176 valence electrons. The van der Waals surface area contributed by atoms with E-state index < -0.39 is 17.5 Å². The molecular formula is C23H30FN7O2. The van der Waals surface area contributed by atoms with Crippen molar-refractivity contribution in [2.45, 2.75) is 18.9 Å². The molecular weight excluding hydrogens is 425 g/mol. The predicted molar refractivity (Wildman–Crippen MR) is 127 cm³/mol. The molecule has 0 aromatic carbocycles. The Morgan fingerprint density at radius 1 is 1.27 bits per heavy atom. The highest BCUT2D eigenvalue weighted by Gasteiger charge is 2.22. The smallest absolute Gasteiger partial charge is 0.274 e. The average molecular weight is 456 g/mol. The summed E-state index contributed by atoms with van der Waals surface area (Å²) < 4.78 is 13.9. The molecule has 3 rings (SSSR count). The summed E-state index contributed by atoms with van der Waals surface area (Å²) in [6.45, 7) is 13.0. The van der Waals surface area contributed by atoms with E-state index in [2.05, 4.69) is 43.6 Å². The molecule has 0 saturated carbocycles. The van der Waals surface area contributed by atoms with Crippen molar-refractivity contribution >= 4 is 23.2 Å². The van der Waals surface area contributed by atoms with Crippen molar-refractivity contribution in [3.8, 4) is 0 Å². The molecule has 9 nitrogen and oxygen atoms in total. The van der Waals surface area contributed by atoms with Gasteiger partial charge >= 0.3 is 0 Å². The fraction of sp³-hybridized carbons (Fsp3) is 0.391. The van der Waals surface area contributed by atoms with E-state index in [1.54, 1.807) is 13.0 Å². The van der Waals surface area contributed by atoms with Gasteiger partial charge in [0.2, 0.25) is 11.9 Å². The Labute approximate surface area is 193 Å². The highest BCUT2D eigenvalue weighted by molar-refractivity contribution is 6.04. The topological polar surface area (TPSA) is 107 Å². The van der Waals surface area contributed by atoms with Crippen LogP contribution in [0.3, 0.4) is 0 Å². The molecule has 0 radical (unpaired) electrons. The SMILES string of the molecule is C=CCN1CCN(c2cc(F)ncc2NC(=O)c2ccnc(NCC(C)(O)CC=C)n2)CC1. The van der Waals surface area contributed by atoms with Crippen LogP contribution in [0.15, 0.2) is 49.8 Å². The molecule has 33 heavy (non-hydrogen) atoms. The molecule has 0 bridgehead atoms. The number of pyridine rings is 1. The zero-order valence-corrected chi connectivity index (χ0v) is 18.8. The Kier molecular flexibility index (Phi) is 8.07. The number of hydrogen-bond donors (Lipinski definition) is 3. The van der Waals surface area contributed by atoms with Crippen molar-refractivity contribution < 1.29 is 14.3 Å². The highest BCUT2D eigenvalue weighted by Crippen LogP contribution is 2.27. The van der Waals surface area contributed by atoms with Gasteiger partial charge in [0.25, 0.3) is 5.91 Å². The number of nitrogens with one attached hydrogen (secondary N) is 2. The van der Waals surface area contributed by atoms with Gasteiger partial charge in [-0.15, -0.1) is 13.2 Å². The third-order valence-electron chi connectivity index (χ3n) is 5.30. The maximum absolute atomic E-state index is 13.9. The first-order valence-corrected chi connectivity index (χ1v) is 10.8. The van der Waals surface area contributed by atoms with E-state index in [9.17, 15) is 14.3 Å². The van der Waals surface area contributed by atoms with E-state index in [4.69, 9.17) is 0 Å². The number of rotatable bonds is 10. The Bertz CT molecular complexity index is 991. The van der Waals surface area contributed by atoms with Crippen molar-refractivity contribution in [2.24, 2.45) is 0 Å². The lowest BCUT2D eigenvalue weighted by Crippen LogP contribution is -2.46. The van der Waals surface area contributed by atoms with Crippen LogP contribution >= 0.6 is 0 Å². The van der Waals surface area contributed by atoms with Crippen molar-refractivity contribution in [3.63, 3.8) is 0 Å². The second-order valence-electron chi connectivity index (χ2n) is 8.16. The minimum Gasteiger partial charge on any atom is -0.388 e. The number of amides is 1. The van der Waals surface area contributed by atoms with Crippen molar-refractivity contribution in [1.82, 2.24) is 19.9 Å².